The average molecular weight is 178 g/mol. The van der Waals surface area contributed by atoms with Gasteiger partial charge in [0.1, 0.15) is 0 Å². The summed E-state index contributed by atoms with van der Waals surface area (Å²) in [4.78, 5) is 0. The predicted molar refractivity (Wildman–Crippen MR) is 59.8 cm³/mol. The van der Waals surface area contributed by atoms with Crippen LogP contribution in [0.5, 0.6) is 0 Å². The smallest absolute Gasteiger partial charge is 0.00806 e. The third-order valence-corrected chi connectivity index (χ3v) is 3.00. The molecule has 0 fully saturated rings. The van der Waals surface area contributed by atoms with Crippen molar-refractivity contribution in [2.24, 2.45) is 5.41 Å². The molecule has 0 nitrogen and oxygen atoms in total. The maximum absolute atomic E-state index is 2.44. The summed E-state index contributed by atoms with van der Waals surface area (Å²) in [5.74, 6) is 0. The Hall–Kier alpha value is -0.520. The highest BCUT2D eigenvalue weighted by molar-refractivity contribution is 5.16. The lowest BCUT2D eigenvalue weighted by Crippen LogP contribution is -2.18. The molecular weight excluding hydrogens is 156 g/mol. The van der Waals surface area contributed by atoms with Crippen molar-refractivity contribution in [3.05, 3.63) is 24.3 Å². The highest BCUT2D eigenvalue weighted by atomic mass is 14.3. The van der Waals surface area contributed by atoms with Gasteiger partial charge in [-0.25, -0.2) is 0 Å². The summed E-state index contributed by atoms with van der Waals surface area (Å²) in [6.45, 7) is 4.57. The van der Waals surface area contributed by atoms with Crippen LogP contribution >= 0.6 is 0 Å². The Balaban J connectivity index is 2.53. The normalized spacial score (nSPS) is 26.6. The fraction of sp³-hybridized carbons (Fsp3) is 0.692. The Morgan fingerprint density at radius 3 is 2.46 bits per heavy atom. The third-order valence-electron chi connectivity index (χ3n) is 3.00. The maximum Gasteiger partial charge on any atom is -0.00806 e. The van der Waals surface area contributed by atoms with E-state index < -0.39 is 0 Å². The first kappa shape index (κ1) is 10.6. The van der Waals surface area contributed by atoms with E-state index in [9.17, 15) is 0 Å². The fourth-order valence-corrected chi connectivity index (χ4v) is 2.23. The number of rotatable bonds is 5. The van der Waals surface area contributed by atoms with Crippen molar-refractivity contribution in [2.75, 3.05) is 0 Å². The molecule has 0 aromatic carbocycles. The second kappa shape index (κ2) is 5.26. The molecule has 0 N–H and O–H groups in total. The van der Waals surface area contributed by atoms with Crippen LogP contribution in [0.3, 0.4) is 0 Å². The second-order valence-electron chi connectivity index (χ2n) is 4.21. The summed E-state index contributed by atoms with van der Waals surface area (Å²) >= 11 is 0. The van der Waals surface area contributed by atoms with E-state index in [2.05, 4.69) is 38.2 Å². The minimum Gasteiger partial charge on any atom is -0.0837 e. The van der Waals surface area contributed by atoms with Gasteiger partial charge in [-0.1, -0.05) is 57.4 Å². The Kier molecular flexibility index (Phi) is 4.27. The van der Waals surface area contributed by atoms with Crippen LogP contribution in [0.15, 0.2) is 24.3 Å². The van der Waals surface area contributed by atoms with Gasteiger partial charge in [0.15, 0.2) is 0 Å². The van der Waals surface area contributed by atoms with Crippen LogP contribution in [-0.2, 0) is 0 Å². The molecule has 1 aliphatic carbocycles. The molecule has 0 bridgehead atoms. The molecule has 0 heterocycles. The van der Waals surface area contributed by atoms with Crippen LogP contribution in [0.1, 0.15) is 52.4 Å². The molecule has 0 radical (unpaired) electrons. The molecule has 0 aromatic heterocycles. The van der Waals surface area contributed by atoms with Gasteiger partial charge < -0.3 is 0 Å². The first-order chi connectivity index (χ1) is 6.33. The van der Waals surface area contributed by atoms with Crippen molar-refractivity contribution in [1.82, 2.24) is 0 Å². The van der Waals surface area contributed by atoms with Crippen molar-refractivity contribution in [3.63, 3.8) is 0 Å². The summed E-state index contributed by atoms with van der Waals surface area (Å²) in [5, 5.41) is 0. The minimum atomic E-state index is 0.513. The molecule has 0 aromatic rings. The van der Waals surface area contributed by atoms with E-state index in [-0.39, 0.29) is 0 Å². The Morgan fingerprint density at radius 2 is 1.92 bits per heavy atom. The number of hydrogen-bond acceptors (Lipinski definition) is 0. The zero-order valence-corrected chi connectivity index (χ0v) is 9.05. The monoisotopic (exact) mass is 178 g/mol. The van der Waals surface area contributed by atoms with Crippen molar-refractivity contribution < 1.29 is 0 Å². The average Bonchev–Trinajstić information content (AvgIpc) is 2.17. The van der Waals surface area contributed by atoms with Crippen LogP contribution < -0.4 is 0 Å². The molecule has 1 aliphatic rings. The van der Waals surface area contributed by atoms with E-state index in [0.717, 1.165) is 0 Å². The molecular formula is C13H22. The van der Waals surface area contributed by atoms with Crippen LogP contribution in [0.2, 0.25) is 0 Å². The lowest BCUT2D eigenvalue weighted by atomic mass is 9.74. The predicted octanol–water partition coefficient (Wildman–Crippen LogP) is 4.48. The van der Waals surface area contributed by atoms with E-state index in [1.54, 1.807) is 0 Å². The first-order valence-electron chi connectivity index (χ1n) is 5.67. The van der Waals surface area contributed by atoms with Gasteiger partial charge in [-0.2, -0.15) is 0 Å². The van der Waals surface area contributed by atoms with Gasteiger partial charge in [0.2, 0.25) is 0 Å². The molecule has 0 saturated heterocycles. The molecule has 0 aliphatic heterocycles. The van der Waals surface area contributed by atoms with E-state index in [4.69, 9.17) is 0 Å². The van der Waals surface area contributed by atoms with Crippen molar-refractivity contribution in [2.45, 2.75) is 52.4 Å². The van der Waals surface area contributed by atoms with Crippen LogP contribution in [-0.4, -0.2) is 0 Å². The standard InChI is InChI=1S/C13H22/c1-3-5-10-13(9-4-2)11-7-6-8-12-13/h6-8,11H,3-5,9-10,12H2,1-2H3. The lowest BCUT2D eigenvalue weighted by molar-refractivity contribution is 0.310. The van der Waals surface area contributed by atoms with Gasteiger partial charge in [-0.05, 0) is 24.7 Å². The molecule has 0 heteroatoms. The van der Waals surface area contributed by atoms with Crippen molar-refractivity contribution >= 4 is 0 Å². The summed E-state index contributed by atoms with van der Waals surface area (Å²) < 4.78 is 0. The van der Waals surface area contributed by atoms with Gasteiger partial charge in [0.25, 0.3) is 0 Å². The van der Waals surface area contributed by atoms with Gasteiger partial charge >= 0.3 is 0 Å². The summed E-state index contributed by atoms with van der Waals surface area (Å²) in [6.07, 6.45) is 17.2. The molecule has 1 rings (SSSR count). The fourth-order valence-electron chi connectivity index (χ4n) is 2.23. The highest BCUT2D eigenvalue weighted by Crippen LogP contribution is 2.37. The van der Waals surface area contributed by atoms with Crippen molar-refractivity contribution in [1.29, 1.82) is 0 Å². The zero-order chi connectivity index (χ0) is 9.57. The summed E-state index contributed by atoms with van der Waals surface area (Å²) in [7, 11) is 0. The molecule has 0 spiro atoms. The van der Waals surface area contributed by atoms with Crippen LogP contribution in [0.25, 0.3) is 0 Å². The summed E-state index contributed by atoms with van der Waals surface area (Å²) in [5.41, 5.74) is 0.513. The third kappa shape index (κ3) is 3.02. The maximum atomic E-state index is 2.44. The quantitative estimate of drug-likeness (QED) is 0.582. The Labute approximate surface area is 82.7 Å². The highest BCUT2D eigenvalue weighted by Gasteiger charge is 2.24. The molecule has 0 amide bonds. The lowest BCUT2D eigenvalue weighted by Gasteiger charge is -2.31. The molecule has 74 valence electrons. The summed E-state index contributed by atoms with van der Waals surface area (Å²) in [6, 6.07) is 0. The number of unbranched alkanes of at least 4 members (excludes halogenated alkanes) is 1. The SMILES string of the molecule is CCCCC1(CCC)C=CC=CC1. The molecule has 1 unspecified atom stereocenters. The van der Waals surface area contributed by atoms with E-state index in [1.165, 1.54) is 38.5 Å². The molecule has 1 atom stereocenters. The minimum absolute atomic E-state index is 0.513. The number of hydrogen-bond donors (Lipinski definition) is 0. The van der Waals surface area contributed by atoms with Gasteiger partial charge in [0.05, 0.1) is 0 Å². The first-order valence-corrected chi connectivity index (χ1v) is 5.67. The Bertz CT molecular complexity index is 188. The van der Waals surface area contributed by atoms with E-state index >= 15 is 0 Å². The second-order valence-corrected chi connectivity index (χ2v) is 4.21. The van der Waals surface area contributed by atoms with Gasteiger partial charge in [-0.3, -0.25) is 0 Å². The van der Waals surface area contributed by atoms with Crippen molar-refractivity contribution in [3.8, 4) is 0 Å². The molecule has 13 heavy (non-hydrogen) atoms. The van der Waals surface area contributed by atoms with E-state index in [1.807, 2.05) is 0 Å². The van der Waals surface area contributed by atoms with Crippen LogP contribution in [0, 0.1) is 5.41 Å². The zero-order valence-electron chi connectivity index (χ0n) is 9.05. The topological polar surface area (TPSA) is 0 Å². The largest absolute Gasteiger partial charge is 0.0837 e. The van der Waals surface area contributed by atoms with Gasteiger partial charge in [-0.15, -0.1) is 0 Å². The Morgan fingerprint density at radius 1 is 1.08 bits per heavy atom. The number of allylic oxidation sites excluding steroid dienone is 4. The van der Waals surface area contributed by atoms with Crippen LogP contribution in [0.4, 0.5) is 0 Å². The van der Waals surface area contributed by atoms with E-state index in [0.29, 0.717) is 5.41 Å². The molecule has 0 saturated carbocycles. The van der Waals surface area contributed by atoms with Gasteiger partial charge in [0, 0.05) is 0 Å².